The van der Waals surface area contributed by atoms with Gasteiger partial charge in [0.2, 0.25) is 0 Å². The van der Waals surface area contributed by atoms with E-state index in [4.69, 9.17) is 19.8 Å². The van der Waals surface area contributed by atoms with E-state index in [1.54, 1.807) is 18.2 Å². The highest BCUT2D eigenvalue weighted by Gasteiger charge is 2.53. The van der Waals surface area contributed by atoms with Crippen molar-refractivity contribution in [1.82, 2.24) is 0 Å². The lowest BCUT2D eigenvalue weighted by molar-refractivity contribution is 0.00578. The van der Waals surface area contributed by atoms with Crippen molar-refractivity contribution in [3.05, 3.63) is 23.8 Å². The highest BCUT2D eigenvalue weighted by atomic mass is 16.7. The summed E-state index contributed by atoms with van der Waals surface area (Å²) in [4.78, 5) is 0. The Hall–Kier alpha value is -1.24. The van der Waals surface area contributed by atoms with E-state index in [9.17, 15) is 5.11 Å². The van der Waals surface area contributed by atoms with Crippen molar-refractivity contribution in [2.45, 2.75) is 51.8 Å². The normalized spacial score (nSPS) is 21.3. The molecule has 1 aliphatic rings. The molecule has 1 aromatic rings. The Balaban J connectivity index is 2.26. The Labute approximate surface area is 126 Å². The van der Waals surface area contributed by atoms with E-state index < -0.39 is 24.3 Å². The van der Waals surface area contributed by atoms with Gasteiger partial charge in [-0.15, -0.1) is 0 Å². The van der Waals surface area contributed by atoms with Crippen LogP contribution in [0.2, 0.25) is 0 Å². The zero-order valence-electron chi connectivity index (χ0n) is 13.3. The molecule has 3 N–H and O–H groups in total. The maximum atomic E-state index is 10.3. The molecule has 0 spiro atoms. The lowest BCUT2D eigenvalue weighted by Gasteiger charge is -2.32. The largest absolute Gasteiger partial charge is 0.504 e. The summed E-state index contributed by atoms with van der Waals surface area (Å²) in [5, 5.41) is 10.3. The van der Waals surface area contributed by atoms with Gasteiger partial charge in [-0.05, 0) is 40.7 Å². The molecule has 116 valence electrons. The maximum Gasteiger partial charge on any atom is 0.480 e. The Bertz CT molecular complexity index is 502. The number of para-hydroxylation sites is 1. The summed E-state index contributed by atoms with van der Waals surface area (Å²) in [5.74, 6) is -0.130. The predicted molar refractivity (Wildman–Crippen MR) is 82.3 cm³/mol. The van der Waals surface area contributed by atoms with Crippen LogP contribution in [0.15, 0.2) is 18.2 Å². The fourth-order valence-corrected chi connectivity index (χ4v) is 2.26. The van der Waals surface area contributed by atoms with Gasteiger partial charge >= 0.3 is 7.12 Å². The first-order chi connectivity index (χ1) is 9.69. The summed E-state index contributed by atoms with van der Waals surface area (Å²) in [5.41, 5.74) is 5.89. The monoisotopic (exact) mass is 293 g/mol. The van der Waals surface area contributed by atoms with E-state index in [0.29, 0.717) is 17.9 Å². The second-order valence-electron chi connectivity index (χ2n) is 6.28. The van der Waals surface area contributed by atoms with Crippen molar-refractivity contribution in [2.24, 2.45) is 5.73 Å². The van der Waals surface area contributed by atoms with Gasteiger partial charge in [0.25, 0.3) is 0 Å². The van der Waals surface area contributed by atoms with Gasteiger partial charge in [0, 0.05) is 5.56 Å². The molecular formula is C15H24BNO4. The summed E-state index contributed by atoms with van der Waals surface area (Å²) < 4.78 is 17.3. The van der Waals surface area contributed by atoms with Crippen molar-refractivity contribution in [2.75, 3.05) is 6.61 Å². The Kier molecular flexibility index (Phi) is 4.24. The Morgan fingerprint density at radius 1 is 1.24 bits per heavy atom. The van der Waals surface area contributed by atoms with Crippen molar-refractivity contribution >= 4 is 7.12 Å². The maximum absolute atomic E-state index is 10.3. The lowest BCUT2D eigenvalue weighted by atomic mass is 9.74. The highest BCUT2D eigenvalue weighted by Crippen LogP contribution is 2.42. The topological polar surface area (TPSA) is 73.9 Å². The van der Waals surface area contributed by atoms with Crippen LogP contribution in [-0.2, 0) is 9.31 Å². The molecule has 1 fully saturated rings. The standard InChI is InChI=1S/C15H24BNO4/c1-6-19-11-9-7-8-10(12(11)18)13(17)16-20-14(2,3)15(4,5)21-16/h7-9,13,18H,6,17H2,1-5H3/t13-/m1/s1. The molecular weight excluding hydrogens is 269 g/mol. The molecule has 1 atom stereocenters. The van der Waals surface area contributed by atoms with Crippen LogP contribution < -0.4 is 10.5 Å². The van der Waals surface area contributed by atoms with E-state index in [1.807, 2.05) is 34.6 Å². The molecule has 0 saturated carbocycles. The summed E-state index contributed by atoms with van der Waals surface area (Å²) in [6, 6.07) is 5.26. The number of hydrogen-bond donors (Lipinski definition) is 2. The first-order valence-electron chi connectivity index (χ1n) is 7.25. The quantitative estimate of drug-likeness (QED) is 0.834. The van der Waals surface area contributed by atoms with Gasteiger partial charge in [0.05, 0.1) is 23.8 Å². The van der Waals surface area contributed by atoms with E-state index in [2.05, 4.69) is 0 Å². The molecule has 1 heterocycles. The third kappa shape index (κ3) is 2.88. The molecule has 2 rings (SSSR count). The first kappa shape index (κ1) is 16.1. The van der Waals surface area contributed by atoms with Gasteiger partial charge in [-0.1, -0.05) is 12.1 Å². The van der Waals surface area contributed by atoms with Gasteiger partial charge in [-0.3, -0.25) is 0 Å². The van der Waals surface area contributed by atoms with Crippen LogP contribution in [-0.4, -0.2) is 30.0 Å². The number of benzene rings is 1. The van der Waals surface area contributed by atoms with E-state index >= 15 is 0 Å². The second kappa shape index (κ2) is 5.52. The average Bonchev–Trinajstić information content (AvgIpc) is 2.60. The van der Waals surface area contributed by atoms with Crippen molar-refractivity contribution in [3.63, 3.8) is 0 Å². The van der Waals surface area contributed by atoms with Crippen molar-refractivity contribution < 1.29 is 19.2 Å². The minimum absolute atomic E-state index is 0.0431. The average molecular weight is 293 g/mol. The molecule has 1 aromatic carbocycles. The number of aromatic hydroxyl groups is 1. The molecule has 0 unspecified atom stereocenters. The molecule has 21 heavy (non-hydrogen) atoms. The van der Waals surface area contributed by atoms with E-state index in [0.717, 1.165) is 0 Å². The van der Waals surface area contributed by atoms with Crippen LogP contribution in [0.25, 0.3) is 0 Å². The van der Waals surface area contributed by atoms with Crippen molar-refractivity contribution in [1.29, 1.82) is 0 Å². The third-order valence-electron chi connectivity index (χ3n) is 4.25. The number of hydrogen-bond acceptors (Lipinski definition) is 5. The van der Waals surface area contributed by atoms with Gasteiger partial charge in [0.1, 0.15) is 0 Å². The van der Waals surface area contributed by atoms with Crippen LogP contribution in [0.4, 0.5) is 0 Å². The Morgan fingerprint density at radius 3 is 2.33 bits per heavy atom. The summed E-state index contributed by atoms with van der Waals surface area (Å²) in [6.07, 6.45) is 0. The molecule has 1 aliphatic heterocycles. The Morgan fingerprint density at radius 2 is 1.81 bits per heavy atom. The summed E-state index contributed by atoms with van der Waals surface area (Å²) in [7, 11) is -0.613. The van der Waals surface area contributed by atoms with Crippen LogP contribution in [0, 0.1) is 0 Å². The summed E-state index contributed by atoms with van der Waals surface area (Å²) >= 11 is 0. The van der Waals surface area contributed by atoms with Gasteiger partial charge in [-0.25, -0.2) is 0 Å². The van der Waals surface area contributed by atoms with E-state index in [-0.39, 0.29) is 5.75 Å². The number of ether oxygens (including phenoxy) is 1. The second-order valence-corrected chi connectivity index (χ2v) is 6.28. The molecule has 0 radical (unpaired) electrons. The van der Waals surface area contributed by atoms with E-state index in [1.165, 1.54) is 0 Å². The first-order valence-corrected chi connectivity index (χ1v) is 7.25. The zero-order valence-corrected chi connectivity index (χ0v) is 13.3. The van der Waals surface area contributed by atoms with Crippen LogP contribution in [0.1, 0.15) is 46.1 Å². The fraction of sp³-hybridized carbons (Fsp3) is 0.600. The van der Waals surface area contributed by atoms with Crippen molar-refractivity contribution in [3.8, 4) is 11.5 Å². The smallest absolute Gasteiger partial charge is 0.480 e. The summed E-state index contributed by atoms with van der Waals surface area (Å²) in [6.45, 7) is 10.2. The number of nitrogens with two attached hydrogens (primary N) is 1. The van der Waals surface area contributed by atoms with Gasteiger partial charge in [0.15, 0.2) is 11.5 Å². The zero-order chi connectivity index (χ0) is 15.8. The molecule has 0 bridgehead atoms. The number of rotatable bonds is 4. The van der Waals surface area contributed by atoms with Gasteiger partial charge < -0.3 is 24.9 Å². The highest BCUT2D eigenvalue weighted by molar-refractivity contribution is 6.47. The lowest BCUT2D eigenvalue weighted by Crippen LogP contribution is -2.41. The van der Waals surface area contributed by atoms with Crippen LogP contribution >= 0.6 is 0 Å². The molecule has 0 amide bonds. The minimum Gasteiger partial charge on any atom is -0.504 e. The predicted octanol–water partition coefficient (Wildman–Crippen LogP) is 2.42. The fourth-order valence-electron chi connectivity index (χ4n) is 2.26. The molecule has 0 aliphatic carbocycles. The molecule has 6 heteroatoms. The molecule has 1 saturated heterocycles. The van der Waals surface area contributed by atoms with Crippen LogP contribution in [0.5, 0.6) is 11.5 Å². The number of phenolic OH excluding ortho intramolecular Hbond substituents is 1. The van der Waals surface area contributed by atoms with Crippen LogP contribution in [0.3, 0.4) is 0 Å². The third-order valence-corrected chi connectivity index (χ3v) is 4.25. The number of phenols is 1. The van der Waals surface area contributed by atoms with Gasteiger partial charge in [-0.2, -0.15) is 0 Å². The minimum atomic E-state index is -0.613. The SMILES string of the molecule is CCOc1cccc([C@@H](N)B2OC(C)(C)C(C)(C)O2)c1O. The molecule has 5 nitrogen and oxygen atoms in total. The molecule has 0 aromatic heterocycles.